The summed E-state index contributed by atoms with van der Waals surface area (Å²) in [6, 6.07) is 9.91. The van der Waals surface area contributed by atoms with Crippen LogP contribution in [0, 0.1) is 7.05 Å². The molecule has 0 aliphatic heterocycles. The van der Waals surface area contributed by atoms with E-state index in [4.69, 9.17) is 5.11 Å². The fourth-order valence-electron chi connectivity index (χ4n) is 1.07. The Morgan fingerprint density at radius 3 is 2.50 bits per heavy atom. The molecule has 1 aromatic carbocycles. The average molecular weight is 163 g/mol. The number of rotatable bonds is 4. The molecule has 0 spiro atoms. The Morgan fingerprint density at radius 2 is 2.00 bits per heavy atom. The Hall–Kier alpha value is -0.990. The van der Waals surface area contributed by atoms with Gasteiger partial charge in [0, 0.05) is 6.61 Å². The first-order chi connectivity index (χ1) is 5.86. The second kappa shape index (κ2) is 4.80. The van der Waals surface area contributed by atoms with Crippen molar-refractivity contribution in [1.82, 2.24) is 0 Å². The Kier molecular flexibility index (Phi) is 3.64. The molecule has 12 heavy (non-hydrogen) atoms. The smallest absolute Gasteiger partial charge is 0.0301 e. The fraction of sp³-hybridized carbons (Fsp3) is 0.300. The van der Waals surface area contributed by atoms with Crippen molar-refractivity contribution in [2.45, 2.75) is 12.5 Å². The lowest BCUT2D eigenvalue weighted by atomic mass is 10.1. The summed E-state index contributed by atoms with van der Waals surface area (Å²) in [6.45, 7) is 0.0679. The van der Waals surface area contributed by atoms with Crippen LogP contribution >= 0.6 is 0 Å². The van der Waals surface area contributed by atoms with Crippen LogP contribution in [0.1, 0.15) is 5.56 Å². The molecule has 0 fully saturated rings. The van der Waals surface area contributed by atoms with E-state index in [1.165, 1.54) is 5.56 Å². The highest BCUT2D eigenvalue weighted by Crippen LogP contribution is 2.07. The van der Waals surface area contributed by atoms with Crippen molar-refractivity contribution in [2.75, 3.05) is 6.61 Å². The molecule has 2 nitrogen and oxygen atoms in total. The number of aliphatic hydroxyl groups excluding tert-OH is 1. The predicted octanol–water partition coefficient (Wildman–Crippen LogP) is 1.76. The van der Waals surface area contributed by atoms with Crippen LogP contribution in [0.5, 0.6) is 0 Å². The van der Waals surface area contributed by atoms with Crippen molar-refractivity contribution >= 4 is 0 Å². The third kappa shape index (κ3) is 2.57. The molecule has 0 aliphatic rings. The molecule has 0 saturated carbocycles. The number of hydrogen-bond acceptors (Lipinski definition) is 1. The van der Waals surface area contributed by atoms with Gasteiger partial charge in [-0.25, -0.2) is 0 Å². The molecule has 0 bridgehead atoms. The number of benzene rings is 1. The van der Waals surface area contributed by atoms with Crippen LogP contribution in [0.3, 0.4) is 0 Å². The molecule has 0 unspecified atom stereocenters. The van der Waals surface area contributed by atoms with Crippen LogP contribution in [0.25, 0.3) is 5.32 Å². The summed E-state index contributed by atoms with van der Waals surface area (Å²) < 4.78 is 0. The second-order valence-corrected chi connectivity index (χ2v) is 2.71. The predicted molar refractivity (Wildman–Crippen MR) is 49.7 cm³/mol. The minimum atomic E-state index is -0.0626. The lowest BCUT2D eigenvalue weighted by Gasteiger charge is -2.18. The van der Waals surface area contributed by atoms with Crippen molar-refractivity contribution in [3.05, 3.63) is 48.3 Å². The van der Waals surface area contributed by atoms with E-state index in [-0.39, 0.29) is 12.6 Å². The summed E-state index contributed by atoms with van der Waals surface area (Å²) >= 11 is 0. The van der Waals surface area contributed by atoms with E-state index in [1.807, 2.05) is 30.3 Å². The monoisotopic (exact) mass is 163 g/mol. The summed E-state index contributed by atoms with van der Waals surface area (Å²) in [7, 11) is 3.42. The molecular formula is C10H13NO. The normalized spacial score (nSPS) is 12.8. The number of hydrogen-bond donors (Lipinski definition) is 1. The van der Waals surface area contributed by atoms with Gasteiger partial charge in [0.05, 0.1) is 0 Å². The zero-order chi connectivity index (χ0) is 8.81. The first-order valence-corrected chi connectivity index (χ1v) is 3.97. The SMILES string of the molecule is [CH2+][N-][C@H](CO)Cc1ccccc1. The molecule has 2 heteroatoms. The van der Waals surface area contributed by atoms with Crippen LogP contribution < -0.4 is 0 Å². The fourth-order valence-corrected chi connectivity index (χ4v) is 1.07. The van der Waals surface area contributed by atoms with E-state index in [0.717, 1.165) is 6.42 Å². The summed E-state index contributed by atoms with van der Waals surface area (Å²) in [5.41, 5.74) is 1.18. The van der Waals surface area contributed by atoms with Crippen LogP contribution in [0.4, 0.5) is 0 Å². The first-order valence-electron chi connectivity index (χ1n) is 3.97. The highest BCUT2D eigenvalue weighted by Gasteiger charge is 1.98. The minimum absolute atomic E-state index is 0.0626. The van der Waals surface area contributed by atoms with Crippen LogP contribution in [0.15, 0.2) is 30.3 Å². The van der Waals surface area contributed by atoms with Crippen LogP contribution in [-0.2, 0) is 6.42 Å². The Bertz CT molecular complexity index is 206. The van der Waals surface area contributed by atoms with Gasteiger partial charge in [-0.05, 0) is 19.0 Å². The van der Waals surface area contributed by atoms with Gasteiger partial charge in [0.15, 0.2) is 0 Å². The van der Waals surface area contributed by atoms with Crippen LogP contribution in [-0.4, -0.2) is 17.8 Å². The van der Waals surface area contributed by atoms with E-state index in [1.54, 1.807) is 0 Å². The van der Waals surface area contributed by atoms with Gasteiger partial charge in [-0.1, -0.05) is 36.4 Å². The van der Waals surface area contributed by atoms with Crippen molar-refractivity contribution < 1.29 is 5.11 Å². The zero-order valence-electron chi connectivity index (χ0n) is 6.98. The van der Waals surface area contributed by atoms with Gasteiger partial charge in [0.1, 0.15) is 0 Å². The van der Waals surface area contributed by atoms with Gasteiger partial charge in [-0.3, -0.25) is 0 Å². The highest BCUT2D eigenvalue weighted by atomic mass is 16.3. The standard InChI is InChI=1S/C10H13NO/c1-11-10(8-12)7-9-5-3-2-4-6-9/h2-6,10,12H,1,7-8H2/t10-/m0/s1. The van der Waals surface area contributed by atoms with Gasteiger partial charge in [0.2, 0.25) is 0 Å². The maximum Gasteiger partial charge on any atom is 0.0301 e. The maximum atomic E-state index is 8.85. The van der Waals surface area contributed by atoms with Crippen molar-refractivity contribution in [2.24, 2.45) is 0 Å². The molecule has 1 N–H and O–H groups in total. The third-order valence-corrected chi connectivity index (χ3v) is 1.78. The van der Waals surface area contributed by atoms with Crippen molar-refractivity contribution in [3.8, 4) is 0 Å². The number of aliphatic hydroxyl groups is 1. The molecule has 64 valence electrons. The topological polar surface area (TPSA) is 34.3 Å². The Balaban J connectivity index is 2.51. The molecule has 0 amide bonds. The van der Waals surface area contributed by atoms with Crippen molar-refractivity contribution in [1.29, 1.82) is 0 Å². The largest absolute Gasteiger partial charge is 0.453 e. The highest BCUT2D eigenvalue weighted by molar-refractivity contribution is 5.17. The van der Waals surface area contributed by atoms with Gasteiger partial charge in [-0.15, -0.1) is 0 Å². The third-order valence-electron chi connectivity index (χ3n) is 1.78. The zero-order valence-corrected chi connectivity index (χ0v) is 6.98. The molecule has 0 heterocycles. The molecule has 0 aromatic heterocycles. The van der Waals surface area contributed by atoms with Gasteiger partial charge in [-0.2, -0.15) is 0 Å². The molecule has 1 aromatic rings. The number of nitrogens with zero attached hydrogens (tertiary/aromatic N) is 1. The second-order valence-electron chi connectivity index (χ2n) is 2.71. The van der Waals surface area contributed by atoms with Gasteiger partial charge >= 0.3 is 0 Å². The molecule has 0 aliphatic carbocycles. The molecule has 0 saturated heterocycles. The maximum absolute atomic E-state index is 8.85. The van der Waals surface area contributed by atoms with E-state index < -0.39 is 0 Å². The van der Waals surface area contributed by atoms with Gasteiger partial charge in [0.25, 0.3) is 0 Å². The summed E-state index contributed by atoms with van der Waals surface area (Å²) in [5, 5.41) is 12.7. The lowest BCUT2D eigenvalue weighted by Crippen LogP contribution is -2.13. The Morgan fingerprint density at radius 1 is 1.33 bits per heavy atom. The molecular weight excluding hydrogens is 150 g/mol. The first kappa shape index (κ1) is 9.10. The van der Waals surface area contributed by atoms with E-state index in [9.17, 15) is 0 Å². The molecule has 1 atom stereocenters. The van der Waals surface area contributed by atoms with Gasteiger partial charge < -0.3 is 10.4 Å². The van der Waals surface area contributed by atoms with E-state index in [2.05, 4.69) is 12.4 Å². The van der Waals surface area contributed by atoms with E-state index >= 15 is 0 Å². The van der Waals surface area contributed by atoms with Crippen molar-refractivity contribution in [3.63, 3.8) is 0 Å². The lowest BCUT2D eigenvalue weighted by molar-refractivity contribution is 0.278. The quantitative estimate of drug-likeness (QED) is 0.674. The van der Waals surface area contributed by atoms with Crippen LogP contribution in [0.2, 0.25) is 0 Å². The Labute approximate surface area is 73.2 Å². The summed E-state index contributed by atoms with van der Waals surface area (Å²) in [6.07, 6.45) is 0.765. The van der Waals surface area contributed by atoms with E-state index in [0.29, 0.717) is 0 Å². The molecule has 1 rings (SSSR count). The average Bonchev–Trinajstić information content (AvgIpc) is 2.16. The summed E-state index contributed by atoms with van der Waals surface area (Å²) in [5.74, 6) is 0. The minimum Gasteiger partial charge on any atom is -0.453 e. The molecule has 0 radical (unpaired) electrons. The summed E-state index contributed by atoms with van der Waals surface area (Å²) in [4.78, 5) is 0.